The summed E-state index contributed by atoms with van der Waals surface area (Å²) in [6.07, 6.45) is 0.824. The summed E-state index contributed by atoms with van der Waals surface area (Å²) < 4.78 is 14.2. The largest absolute Gasteiger partial charge is 0.336 e. The van der Waals surface area contributed by atoms with E-state index in [1.165, 1.54) is 18.2 Å². The summed E-state index contributed by atoms with van der Waals surface area (Å²) in [6, 6.07) is 4.11. The van der Waals surface area contributed by atoms with Gasteiger partial charge in [-0.1, -0.05) is 20.8 Å². The number of hydrogen-bond donors (Lipinski definition) is 2. The van der Waals surface area contributed by atoms with Crippen LogP contribution in [0.4, 0.5) is 10.1 Å². The van der Waals surface area contributed by atoms with E-state index in [4.69, 9.17) is 5.73 Å². The Hall–Kier alpha value is -1.66. The Kier molecular flexibility index (Phi) is 6.97. The molecule has 3 N–H and O–H groups in total. The number of carbonyl (C=O) groups is 2. The second-order valence-electron chi connectivity index (χ2n) is 7.54. The minimum atomic E-state index is -0.586. The van der Waals surface area contributed by atoms with Crippen molar-refractivity contribution in [1.29, 1.82) is 0 Å². The summed E-state index contributed by atoms with van der Waals surface area (Å²) in [5.74, 6) is -0.888. The normalized spacial score (nSPS) is 20.2. The van der Waals surface area contributed by atoms with Crippen LogP contribution in [-0.2, 0) is 4.79 Å². The van der Waals surface area contributed by atoms with Gasteiger partial charge in [-0.15, -0.1) is 12.4 Å². The van der Waals surface area contributed by atoms with Crippen LogP contribution in [0.1, 0.15) is 44.5 Å². The van der Waals surface area contributed by atoms with Gasteiger partial charge >= 0.3 is 0 Å². The van der Waals surface area contributed by atoms with Crippen LogP contribution < -0.4 is 11.1 Å². The molecule has 0 saturated carbocycles. The van der Waals surface area contributed by atoms with E-state index in [0.717, 1.165) is 6.42 Å². The molecule has 1 saturated heterocycles. The third-order valence-electron chi connectivity index (χ3n) is 4.39. The molecule has 1 heterocycles. The molecule has 2 unspecified atom stereocenters. The maximum absolute atomic E-state index is 14.2. The molecule has 140 valence electrons. The zero-order chi connectivity index (χ0) is 18.1. The van der Waals surface area contributed by atoms with E-state index in [9.17, 15) is 14.0 Å². The second kappa shape index (κ2) is 8.15. The third-order valence-corrected chi connectivity index (χ3v) is 4.39. The van der Waals surface area contributed by atoms with Crippen molar-refractivity contribution in [1.82, 2.24) is 4.90 Å². The van der Waals surface area contributed by atoms with Crippen molar-refractivity contribution in [2.45, 2.75) is 40.2 Å². The first-order valence-corrected chi connectivity index (χ1v) is 8.25. The van der Waals surface area contributed by atoms with Crippen molar-refractivity contribution >= 4 is 29.9 Å². The summed E-state index contributed by atoms with van der Waals surface area (Å²) in [7, 11) is 0. The molecule has 0 spiro atoms. The van der Waals surface area contributed by atoms with Crippen LogP contribution in [-0.4, -0.2) is 35.8 Å². The lowest BCUT2D eigenvalue weighted by atomic mass is 9.95. The summed E-state index contributed by atoms with van der Waals surface area (Å²) in [5, 5.41) is 2.73. The first kappa shape index (κ1) is 21.4. The number of nitrogens with two attached hydrogens (primary N) is 1. The number of carbonyl (C=O) groups excluding carboxylic acids is 2. The fraction of sp³-hybridized carbons (Fsp3) is 0.556. The zero-order valence-corrected chi connectivity index (χ0v) is 16.0. The van der Waals surface area contributed by atoms with E-state index in [2.05, 4.69) is 5.32 Å². The Morgan fingerprint density at radius 2 is 2.00 bits per heavy atom. The number of benzene rings is 1. The SMILES string of the molecule is CC1CC(CN)CN1C(=O)c1cc(NC(=O)C(C)(C)C)ccc1F.Cl. The number of nitrogens with zero attached hydrogens (tertiary/aromatic N) is 1. The highest BCUT2D eigenvalue weighted by atomic mass is 35.5. The minimum absolute atomic E-state index is 0. The van der Waals surface area contributed by atoms with Crippen molar-refractivity contribution < 1.29 is 14.0 Å². The molecule has 1 aliphatic heterocycles. The van der Waals surface area contributed by atoms with Gasteiger partial charge < -0.3 is 16.0 Å². The molecule has 1 aromatic rings. The van der Waals surface area contributed by atoms with Gasteiger partial charge in [-0.2, -0.15) is 0 Å². The lowest BCUT2D eigenvalue weighted by Gasteiger charge is -2.22. The summed E-state index contributed by atoms with van der Waals surface area (Å²) >= 11 is 0. The number of hydrogen-bond acceptors (Lipinski definition) is 3. The highest BCUT2D eigenvalue weighted by Crippen LogP contribution is 2.26. The number of amides is 2. The molecule has 0 bridgehead atoms. The Morgan fingerprint density at radius 1 is 1.36 bits per heavy atom. The number of anilines is 1. The standard InChI is InChI=1S/C18H26FN3O2.ClH/c1-11-7-12(9-20)10-22(11)16(23)14-8-13(5-6-15(14)19)21-17(24)18(2,3)4;/h5-6,8,11-12H,7,9-10,20H2,1-4H3,(H,21,24);1H. The van der Waals surface area contributed by atoms with Gasteiger partial charge in [-0.25, -0.2) is 4.39 Å². The highest BCUT2D eigenvalue weighted by molar-refractivity contribution is 5.98. The molecule has 1 fully saturated rings. The summed E-state index contributed by atoms with van der Waals surface area (Å²) in [6.45, 7) is 8.36. The summed E-state index contributed by atoms with van der Waals surface area (Å²) in [5.41, 5.74) is 5.51. The Labute approximate surface area is 154 Å². The van der Waals surface area contributed by atoms with Gasteiger partial charge in [0.1, 0.15) is 5.82 Å². The number of nitrogens with one attached hydrogen (secondary N) is 1. The zero-order valence-electron chi connectivity index (χ0n) is 15.1. The molecular weight excluding hydrogens is 345 g/mol. The fourth-order valence-electron chi connectivity index (χ4n) is 2.84. The molecule has 0 aromatic heterocycles. The van der Waals surface area contributed by atoms with Crippen molar-refractivity contribution in [2.75, 3.05) is 18.4 Å². The van der Waals surface area contributed by atoms with Gasteiger partial charge in [0.25, 0.3) is 5.91 Å². The van der Waals surface area contributed by atoms with Crippen molar-refractivity contribution in [2.24, 2.45) is 17.1 Å². The predicted octanol–water partition coefficient (Wildman–Crippen LogP) is 3.04. The van der Waals surface area contributed by atoms with Gasteiger partial charge in [0.05, 0.1) is 5.56 Å². The fourth-order valence-corrected chi connectivity index (χ4v) is 2.84. The van der Waals surface area contributed by atoms with Crippen LogP contribution in [0.3, 0.4) is 0 Å². The van der Waals surface area contributed by atoms with E-state index >= 15 is 0 Å². The smallest absolute Gasteiger partial charge is 0.257 e. The molecule has 1 aromatic carbocycles. The van der Waals surface area contributed by atoms with E-state index in [0.29, 0.717) is 18.8 Å². The molecule has 2 rings (SSSR count). The Balaban J connectivity index is 0.00000312. The molecule has 2 atom stereocenters. The van der Waals surface area contributed by atoms with Crippen LogP contribution in [0, 0.1) is 17.2 Å². The van der Waals surface area contributed by atoms with Gasteiger partial charge in [-0.3, -0.25) is 9.59 Å². The molecule has 7 heteroatoms. The average Bonchev–Trinajstić information content (AvgIpc) is 2.88. The quantitative estimate of drug-likeness (QED) is 0.857. The molecular formula is C18H27ClFN3O2. The maximum Gasteiger partial charge on any atom is 0.257 e. The molecule has 5 nitrogen and oxygen atoms in total. The van der Waals surface area contributed by atoms with E-state index < -0.39 is 11.2 Å². The van der Waals surface area contributed by atoms with Crippen molar-refractivity contribution in [3.8, 4) is 0 Å². The predicted molar refractivity (Wildman–Crippen MR) is 99.4 cm³/mol. The lowest BCUT2D eigenvalue weighted by molar-refractivity contribution is -0.123. The third kappa shape index (κ3) is 4.92. The van der Waals surface area contributed by atoms with Crippen LogP contribution in [0.2, 0.25) is 0 Å². The van der Waals surface area contributed by atoms with E-state index in [-0.39, 0.29) is 41.7 Å². The second-order valence-corrected chi connectivity index (χ2v) is 7.54. The maximum atomic E-state index is 14.2. The Morgan fingerprint density at radius 3 is 2.52 bits per heavy atom. The number of halogens is 2. The van der Waals surface area contributed by atoms with E-state index in [1.54, 1.807) is 25.7 Å². The monoisotopic (exact) mass is 371 g/mol. The van der Waals surface area contributed by atoms with E-state index in [1.807, 2.05) is 6.92 Å². The van der Waals surface area contributed by atoms with Gasteiger partial charge in [0, 0.05) is 23.7 Å². The first-order valence-electron chi connectivity index (χ1n) is 8.25. The molecule has 1 aliphatic rings. The Bertz CT molecular complexity index is 646. The van der Waals surface area contributed by atoms with Crippen LogP contribution in [0.15, 0.2) is 18.2 Å². The number of rotatable bonds is 3. The molecule has 0 aliphatic carbocycles. The minimum Gasteiger partial charge on any atom is -0.336 e. The van der Waals surface area contributed by atoms with Crippen LogP contribution >= 0.6 is 12.4 Å². The first-order chi connectivity index (χ1) is 11.1. The van der Waals surface area contributed by atoms with Crippen molar-refractivity contribution in [3.05, 3.63) is 29.6 Å². The van der Waals surface area contributed by atoms with Crippen LogP contribution in [0.5, 0.6) is 0 Å². The number of likely N-dealkylation sites (tertiary alicyclic amines) is 1. The van der Waals surface area contributed by atoms with Gasteiger partial charge in [-0.05, 0) is 44.0 Å². The van der Waals surface area contributed by atoms with Gasteiger partial charge in [0.2, 0.25) is 5.91 Å². The highest BCUT2D eigenvalue weighted by Gasteiger charge is 2.33. The molecule has 2 amide bonds. The van der Waals surface area contributed by atoms with Gasteiger partial charge in [0.15, 0.2) is 0 Å². The topological polar surface area (TPSA) is 75.4 Å². The average molecular weight is 372 g/mol. The van der Waals surface area contributed by atoms with Crippen molar-refractivity contribution in [3.63, 3.8) is 0 Å². The molecule has 0 radical (unpaired) electrons. The summed E-state index contributed by atoms with van der Waals surface area (Å²) in [4.78, 5) is 26.4. The molecule has 25 heavy (non-hydrogen) atoms. The lowest BCUT2D eigenvalue weighted by Crippen LogP contribution is -2.35. The van der Waals surface area contributed by atoms with Crippen LogP contribution in [0.25, 0.3) is 0 Å².